The summed E-state index contributed by atoms with van der Waals surface area (Å²) in [6.45, 7) is 4.64. The SMILES string of the molecule is CCOC(=O)c1cc(-c2ccc(N3CCN(C(=O)c4ccc(OC)cc4)CC3)cc2)n(-c2ccc(F)cc2)n1. The van der Waals surface area contributed by atoms with Gasteiger partial charge >= 0.3 is 5.97 Å². The van der Waals surface area contributed by atoms with E-state index >= 15 is 0 Å². The van der Waals surface area contributed by atoms with Gasteiger partial charge in [-0.1, -0.05) is 12.1 Å². The number of carbonyl (C=O) groups is 2. The van der Waals surface area contributed by atoms with Crippen LogP contribution in [0.5, 0.6) is 5.75 Å². The van der Waals surface area contributed by atoms with E-state index in [1.807, 2.05) is 29.2 Å². The summed E-state index contributed by atoms with van der Waals surface area (Å²) in [4.78, 5) is 29.4. The number of benzene rings is 3. The first-order valence-corrected chi connectivity index (χ1v) is 12.8. The van der Waals surface area contributed by atoms with Crippen LogP contribution in [0.1, 0.15) is 27.8 Å². The summed E-state index contributed by atoms with van der Waals surface area (Å²) in [5.41, 5.74) is 4.02. The lowest BCUT2D eigenvalue weighted by Gasteiger charge is -2.36. The van der Waals surface area contributed by atoms with Gasteiger partial charge in [-0.25, -0.2) is 13.9 Å². The molecule has 1 aliphatic heterocycles. The summed E-state index contributed by atoms with van der Waals surface area (Å²) < 4.78 is 25.5. The Labute approximate surface area is 226 Å². The van der Waals surface area contributed by atoms with Gasteiger partial charge in [0, 0.05) is 43.0 Å². The van der Waals surface area contributed by atoms with Gasteiger partial charge in [0.1, 0.15) is 11.6 Å². The third-order valence-electron chi connectivity index (χ3n) is 6.70. The second kappa shape index (κ2) is 11.4. The van der Waals surface area contributed by atoms with Crippen molar-refractivity contribution in [2.75, 3.05) is 44.8 Å². The minimum atomic E-state index is -0.515. The lowest BCUT2D eigenvalue weighted by Crippen LogP contribution is -2.48. The zero-order chi connectivity index (χ0) is 27.4. The topological polar surface area (TPSA) is 76.9 Å². The smallest absolute Gasteiger partial charge is 0.358 e. The monoisotopic (exact) mass is 528 g/mol. The number of aromatic nitrogens is 2. The number of hydrogen-bond donors (Lipinski definition) is 0. The molecule has 3 aromatic carbocycles. The van der Waals surface area contributed by atoms with Crippen molar-refractivity contribution in [1.82, 2.24) is 14.7 Å². The molecule has 5 rings (SSSR count). The Bertz CT molecular complexity index is 1440. The molecule has 0 spiro atoms. The average molecular weight is 529 g/mol. The number of carbonyl (C=O) groups excluding carboxylic acids is 2. The van der Waals surface area contributed by atoms with Crippen molar-refractivity contribution in [3.63, 3.8) is 0 Å². The first-order chi connectivity index (χ1) is 19.0. The molecule has 1 aliphatic rings. The van der Waals surface area contributed by atoms with Crippen LogP contribution in [0.25, 0.3) is 16.9 Å². The van der Waals surface area contributed by atoms with Gasteiger partial charge in [0.2, 0.25) is 0 Å². The van der Waals surface area contributed by atoms with E-state index in [1.54, 1.807) is 61.2 Å². The summed E-state index contributed by atoms with van der Waals surface area (Å²) in [5.74, 6) is -0.136. The third kappa shape index (κ3) is 5.62. The summed E-state index contributed by atoms with van der Waals surface area (Å²) in [6, 6.07) is 22.7. The van der Waals surface area contributed by atoms with E-state index in [4.69, 9.17) is 9.47 Å². The summed E-state index contributed by atoms with van der Waals surface area (Å²) in [5, 5.41) is 4.44. The number of nitrogens with zero attached hydrogens (tertiary/aromatic N) is 4. The van der Waals surface area contributed by atoms with Gasteiger partial charge in [-0.2, -0.15) is 5.10 Å². The van der Waals surface area contributed by atoms with Crippen LogP contribution in [-0.2, 0) is 4.74 Å². The summed E-state index contributed by atoms with van der Waals surface area (Å²) in [7, 11) is 1.60. The Morgan fingerprint density at radius 3 is 2.13 bits per heavy atom. The van der Waals surface area contributed by atoms with Gasteiger partial charge in [0.15, 0.2) is 5.69 Å². The number of amides is 1. The van der Waals surface area contributed by atoms with Gasteiger partial charge in [-0.05, 0) is 73.7 Å². The molecule has 4 aromatic rings. The van der Waals surface area contributed by atoms with Crippen LogP contribution in [0.3, 0.4) is 0 Å². The number of anilines is 1. The van der Waals surface area contributed by atoms with Crippen LogP contribution in [0.15, 0.2) is 78.9 Å². The molecular formula is C30H29FN4O4. The van der Waals surface area contributed by atoms with E-state index in [-0.39, 0.29) is 24.0 Å². The maximum absolute atomic E-state index is 13.5. The Kier molecular flexibility index (Phi) is 7.58. The number of methoxy groups -OCH3 is 1. The standard InChI is InChI=1S/C30H29FN4O4/c1-3-39-30(37)27-20-28(35(32-27)25-12-8-23(31)9-13-25)21-4-10-24(11-5-21)33-16-18-34(19-17-33)29(36)22-6-14-26(38-2)15-7-22/h4-15,20H,3,16-19H2,1-2H3. The first-order valence-electron chi connectivity index (χ1n) is 12.8. The van der Waals surface area contributed by atoms with Crippen LogP contribution in [0.2, 0.25) is 0 Å². The molecule has 0 aliphatic carbocycles. The Morgan fingerprint density at radius 2 is 1.51 bits per heavy atom. The Balaban J connectivity index is 1.31. The lowest BCUT2D eigenvalue weighted by atomic mass is 10.1. The highest BCUT2D eigenvalue weighted by Gasteiger charge is 2.23. The van der Waals surface area contributed by atoms with Crippen molar-refractivity contribution in [3.05, 3.63) is 95.9 Å². The predicted octanol–water partition coefficient (Wildman–Crippen LogP) is 4.83. The molecule has 0 bridgehead atoms. The lowest BCUT2D eigenvalue weighted by molar-refractivity contribution is 0.0518. The van der Waals surface area contributed by atoms with Crippen molar-refractivity contribution in [3.8, 4) is 22.7 Å². The number of piperazine rings is 1. The van der Waals surface area contributed by atoms with Crippen molar-refractivity contribution in [2.45, 2.75) is 6.92 Å². The molecule has 9 heteroatoms. The van der Waals surface area contributed by atoms with E-state index in [0.29, 0.717) is 43.1 Å². The van der Waals surface area contributed by atoms with Gasteiger partial charge < -0.3 is 19.3 Å². The van der Waals surface area contributed by atoms with Gasteiger partial charge in [0.25, 0.3) is 5.91 Å². The molecule has 0 atom stereocenters. The number of ether oxygens (including phenoxy) is 2. The van der Waals surface area contributed by atoms with Crippen molar-refractivity contribution in [2.24, 2.45) is 0 Å². The van der Waals surface area contributed by atoms with E-state index in [2.05, 4.69) is 10.00 Å². The van der Waals surface area contributed by atoms with Gasteiger partial charge in [-0.15, -0.1) is 0 Å². The number of hydrogen-bond acceptors (Lipinski definition) is 6. The highest BCUT2D eigenvalue weighted by Crippen LogP contribution is 2.28. The first kappa shape index (κ1) is 26.0. The minimum Gasteiger partial charge on any atom is -0.497 e. The maximum atomic E-state index is 13.5. The quantitative estimate of drug-likeness (QED) is 0.320. The third-order valence-corrected chi connectivity index (χ3v) is 6.70. The molecule has 0 radical (unpaired) electrons. The molecule has 200 valence electrons. The van der Waals surface area contributed by atoms with Crippen LogP contribution in [-0.4, -0.2) is 66.5 Å². The van der Waals surface area contributed by atoms with Gasteiger partial charge in [-0.3, -0.25) is 4.79 Å². The molecule has 8 nitrogen and oxygen atoms in total. The largest absolute Gasteiger partial charge is 0.497 e. The molecule has 0 unspecified atom stereocenters. The van der Waals surface area contributed by atoms with Crippen molar-refractivity contribution < 1.29 is 23.5 Å². The zero-order valence-corrected chi connectivity index (χ0v) is 21.8. The predicted molar refractivity (Wildman–Crippen MR) is 146 cm³/mol. The molecule has 2 heterocycles. The highest BCUT2D eigenvalue weighted by molar-refractivity contribution is 5.94. The van der Waals surface area contributed by atoms with Crippen LogP contribution in [0, 0.1) is 5.82 Å². The van der Waals surface area contributed by atoms with Crippen LogP contribution < -0.4 is 9.64 Å². The van der Waals surface area contributed by atoms with Crippen molar-refractivity contribution in [1.29, 1.82) is 0 Å². The van der Waals surface area contributed by atoms with Crippen molar-refractivity contribution >= 4 is 17.6 Å². The summed E-state index contributed by atoms with van der Waals surface area (Å²) in [6.07, 6.45) is 0. The average Bonchev–Trinajstić information content (AvgIpc) is 3.43. The number of halogens is 1. The minimum absolute atomic E-state index is 0.0131. The Hall–Kier alpha value is -4.66. The molecule has 0 N–H and O–H groups in total. The molecule has 1 saturated heterocycles. The highest BCUT2D eigenvalue weighted by atomic mass is 19.1. The number of rotatable bonds is 7. The van der Waals surface area contributed by atoms with E-state index in [1.165, 1.54) is 12.1 Å². The van der Waals surface area contributed by atoms with Crippen LogP contribution >= 0.6 is 0 Å². The van der Waals surface area contributed by atoms with Gasteiger partial charge in [0.05, 0.1) is 25.1 Å². The summed E-state index contributed by atoms with van der Waals surface area (Å²) >= 11 is 0. The molecule has 1 fully saturated rings. The number of esters is 1. The normalized spacial score (nSPS) is 13.3. The fourth-order valence-corrected chi connectivity index (χ4v) is 4.60. The van der Waals surface area contributed by atoms with E-state index in [0.717, 1.165) is 17.0 Å². The fraction of sp³-hybridized carbons (Fsp3) is 0.233. The zero-order valence-electron chi connectivity index (χ0n) is 21.8. The molecule has 1 amide bonds. The molecule has 0 saturated carbocycles. The second-order valence-corrected chi connectivity index (χ2v) is 9.08. The van der Waals surface area contributed by atoms with Crippen LogP contribution in [0.4, 0.5) is 10.1 Å². The molecule has 39 heavy (non-hydrogen) atoms. The second-order valence-electron chi connectivity index (χ2n) is 9.08. The molecular weight excluding hydrogens is 499 g/mol. The molecule has 1 aromatic heterocycles. The fourth-order valence-electron chi connectivity index (χ4n) is 4.60. The van der Waals surface area contributed by atoms with E-state index < -0.39 is 5.97 Å². The maximum Gasteiger partial charge on any atom is 0.358 e. The van der Waals surface area contributed by atoms with E-state index in [9.17, 15) is 14.0 Å². The Morgan fingerprint density at radius 1 is 0.872 bits per heavy atom.